The molecule has 0 fully saturated rings. The highest BCUT2D eigenvalue weighted by molar-refractivity contribution is 7.92. The van der Waals surface area contributed by atoms with Gasteiger partial charge in [-0.25, -0.2) is 18.0 Å². The maximum Gasteiger partial charge on any atom is 0.377 e. The Morgan fingerprint density at radius 1 is 0.833 bits per heavy atom. The molecule has 17 nitrogen and oxygen atoms in total. The van der Waals surface area contributed by atoms with Crippen LogP contribution in [-0.2, 0) is 33.2 Å². The third kappa shape index (κ3) is 11.2. The number of pyridine rings is 1. The van der Waals surface area contributed by atoms with Crippen LogP contribution in [0, 0.1) is 0 Å². The number of nitrogens with one attached hydrogen (secondary N) is 3. The highest BCUT2D eigenvalue weighted by atomic mass is 32.2. The molecule has 2 amide bonds. The SMILES string of the molecule is COc1cc(Cc2cc(Oc3ccc(NC(=O)Nc4cc(C(C)(C)C)cc(NS(C)(=O)=O)c4OC)c4ccccc34)ccn2)cc(OCCOCc2nc(C(=O)O)no2)c1. The Morgan fingerprint density at radius 3 is 2.27 bits per heavy atom. The first-order valence-electron chi connectivity index (χ1n) is 18.5. The Labute approximate surface area is 346 Å². The van der Waals surface area contributed by atoms with Crippen LogP contribution in [0.1, 0.15) is 54.1 Å². The van der Waals surface area contributed by atoms with E-state index in [4.69, 9.17) is 33.3 Å². The number of sulfonamides is 1. The largest absolute Gasteiger partial charge is 0.497 e. The maximum atomic E-state index is 13.5. The molecule has 0 saturated carbocycles. The van der Waals surface area contributed by atoms with Gasteiger partial charge in [-0.15, -0.1) is 0 Å². The van der Waals surface area contributed by atoms with Crippen molar-refractivity contribution in [1.82, 2.24) is 15.1 Å². The van der Waals surface area contributed by atoms with Crippen molar-refractivity contribution in [2.45, 2.75) is 39.2 Å². The lowest BCUT2D eigenvalue weighted by atomic mass is 9.86. The average molecular weight is 841 g/mol. The molecule has 18 heteroatoms. The van der Waals surface area contributed by atoms with Gasteiger partial charge in [0.25, 0.3) is 11.7 Å². The third-order valence-electron chi connectivity index (χ3n) is 8.79. The van der Waals surface area contributed by atoms with Crippen molar-refractivity contribution >= 4 is 49.9 Å². The molecule has 60 heavy (non-hydrogen) atoms. The third-order valence-corrected chi connectivity index (χ3v) is 9.38. The van der Waals surface area contributed by atoms with E-state index in [0.717, 1.165) is 28.5 Å². The number of carboxylic acid groups (broad SMARTS) is 1. The highest BCUT2D eigenvalue weighted by Crippen LogP contribution is 2.40. The van der Waals surface area contributed by atoms with Gasteiger partial charge in [-0.05, 0) is 64.2 Å². The molecular weight excluding hydrogens is 797 g/mol. The number of carbonyl (C=O) groups is 2. The van der Waals surface area contributed by atoms with Gasteiger partial charge in [0.05, 0.1) is 44.1 Å². The summed E-state index contributed by atoms with van der Waals surface area (Å²) < 4.78 is 60.5. The number of carboxylic acids is 1. The molecule has 6 aromatic rings. The number of carbonyl (C=O) groups excluding carboxylic acids is 1. The van der Waals surface area contributed by atoms with E-state index >= 15 is 0 Å². The second-order valence-corrected chi connectivity index (χ2v) is 16.2. The van der Waals surface area contributed by atoms with Crippen molar-refractivity contribution < 1.29 is 51.3 Å². The Balaban J connectivity index is 1.13. The van der Waals surface area contributed by atoms with Crippen molar-refractivity contribution in [3.63, 3.8) is 0 Å². The molecule has 0 atom stereocenters. The monoisotopic (exact) mass is 840 g/mol. The smallest absolute Gasteiger partial charge is 0.377 e. The first-order chi connectivity index (χ1) is 28.6. The van der Waals surface area contributed by atoms with Crippen LogP contribution >= 0.6 is 0 Å². The van der Waals surface area contributed by atoms with Gasteiger partial charge < -0.3 is 43.9 Å². The minimum atomic E-state index is -3.65. The topological polar surface area (TPSA) is 223 Å². The number of urea groups is 1. The van der Waals surface area contributed by atoms with Crippen LogP contribution in [-0.4, -0.2) is 74.3 Å². The predicted molar refractivity (Wildman–Crippen MR) is 223 cm³/mol. The standard InChI is InChI=1S/C42H44N6O11S/c1-42(2,3)26-20-34(38(55-5)35(21-26)48-60(6,52)53)45-41(51)44-33-11-12-36(32-10-8-7-9-31(32)33)58-28-13-14-43-27(22-28)17-25-18-29(54-4)23-30(19-25)57-16-15-56-24-37-46-39(40(49)50)47-59-37/h7-14,18-23,48H,15-17,24H2,1-6H3,(H,49,50)(H2,44,45,51). The minimum absolute atomic E-state index is 0.0426. The van der Waals surface area contributed by atoms with Crippen molar-refractivity contribution in [2.24, 2.45) is 0 Å². The number of aromatic carboxylic acids is 1. The van der Waals surface area contributed by atoms with Gasteiger partial charge in [0.2, 0.25) is 10.0 Å². The zero-order chi connectivity index (χ0) is 43.0. The molecule has 0 aliphatic carbocycles. The molecule has 0 unspecified atom stereocenters. The minimum Gasteiger partial charge on any atom is -0.497 e. The summed E-state index contributed by atoms with van der Waals surface area (Å²) in [4.78, 5) is 32.7. The molecule has 2 heterocycles. The van der Waals surface area contributed by atoms with Crippen LogP contribution < -0.4 is 34.3 Å². The van der Waals surface area contributed by atoms with E-state index in [9.17, 15) is 18.0 Å². The molecule has 6 rings (SSSR count). The summed E-state index contributed by atoms with van der Waals surface area (Å²) in [6.07, 6.45) is 3.13. The van der Waals surface area contributed by atoms with E-state index in [1.54, 1.807) is 49.7 Å². The quantitative estimate of drug-likeness (QED) is 0.0649. The van der Waals surface area contributed by atoms with Crippen LogP contribution in [0.15, 0.2) is 89.6 Å². The van der Waals surface area contributed by atoms with Crippen LogP contribution in [0.4, 0.5) is 21.9 Å². The zero-order valence-corrected chi connectivity index (χ0v) is 34.5. The average Bonchev–Trinajstić information content (AvgIpc) is 3.67. The number of methoxy groups -OCH3 is 2. The van der Waals surface area contributed by atoms with E-state index in [-0.39, 0.29) is 48.3 Å². The Kier molecular flexibility index (Phi) is 13.0. The van der Waals surface area contributed by atoms with Gasteiger partial charge >= 0.3 is 12.0 Å². The molecule has 4 aromatic carbocycles. The van der Waals surface area contributed by atoms with Crippen LogP contribution in [0.25, 0.3) is 10.8 Å². The number of ether oxygens (including phenoxy) is 5. The second-order valence-electron chi connectivity index (χ2n) is 14.5. The van der Waals surface area contributed by atoms with Gasteiger partial charge in [-0.1, -0.05) is 45.0 Å². The van der Waals surface area contributed by atoms with Gasteiger partial charge in [-0.3, -0.25) is 9.71 Å². The predicted octanol–water partition coefficient (Wildman–Crippen LogP) is 7.62. The summed E-state index contributed by atoms with van der Waals surface area (Å²) in [5.74, 6) is 0.697. The summed E-state index contributed by atoms with van der Waals surface area (Å²) >= 11 is 0. The molecule has 0 saturated heterocycles. The normalized spacial score (nSPS) is 11.5. The van der Waals surface area contributed by atoms with Crippen LogP contribution in [0.3, 0.4) is 0 Å². The lowest BCUT2D eigenvalue weighted by Gasteiger charge is -2.24. The van der Waals surface area contributed by atoms with Gasteiger partial charge in [-0.2, -0.15) is 4.98 Å². The first-order valence-corrected chi connectivity index (χ1v) is 20.3. The maximum absolute atomic E-state index is 13.5. The van der Waals surface area contributed by atoms with Crippen molar-refractivity contribution in [1.29, 1.82) is 0 Å². The first kappa shape index (κ1) is 42.7. The number of benzene rings is 4. The molecule has 2 aromatic heterocycles. The summed E-state index contributed by atoms with van der Waals surface area (Å²) in [5, 5.41) is 19.5. The molecule has 314 valence electrons. The van der Waals surface area contributed by atoms with E-state index in [1.807, 2.05) is 63.2 Å². The molecule has 0 radical (unpaired) electrons. The number of rotatable bonds is 17. The Bertz CT molecular complexity index is 2630. The number of hydrogen-bond donors (Lipinski definition) is 4. The molecule has 0 aliphatic rings. The fourth-order valence-corrected chi connectivity index (χ4v) is 6.61. The number of hydrogen-bond acceptors (Lipinski definition) is 13. The molecular formula is C42H44N6O11S. The second kappa shape index (κ2) is 18.3. The van der Waals surface area contributed by atoms with Gasteiger partial charge in [0.15, 0.2) is 5.75 Å². The molecule has 4 N–H and O–H groups in total. The van der Waals surface area contributed by atoms with Crippen molar-refractivity contribution in [3.8, 4) is 28.7 Å². The molecule has 0 bridgehead atoms. The summed E-state index contributed by atoms with van der Waals surface area (Å²) in [6.45, 7) is 6.23. The van der Waals surface area contributed by atoms with E-state index in [2.05, 4.69) is 30.5 Å². The number of fused-ring (bicyclic) bond motifs is 1. The Morgan fingerprint density at radius 2 is 1.57 bits per heavy atom. The van der Waals surface area contributed by atoms with E-state index in [0.29, 0.717) is 40.5 Å². The lowest BCUT2D eigenvalue weighted by Crippen LogP contribution is -2.22. The summed E-state index contributed by atoms with van der Waals surface area (Å²) in [6, 6.07) is 22.9. The zero-order valence-electron chi connectivity index (χ0n) is 33.7. The molecule has 0 spiro atoms. The Hall–Kier alpha value is -6.92. The van der Waals surface area contributed by atoms with E-state index in [1.165, 1.54) is 7.11 Å². The van der Waals surface area contributed by atoms with Crippen LogP contribution in [0.5, 0.6) is 28.7 Å². The number of amides is 2. The lowest BCUT2D eigenvalue weighted by molar-refractivity contribution is 0.0679. The molecule has 0 aliphatic heterocycles. The van der Waals surface area contributed by atoms with Crippen molar-refractivity contribution in [2.75, 3.05) is 49.0 Å². The number of anilines is 3. The summed E-state index contributed by atoms with van der Waals surface area (Å²) in [5.41, 5.74) is 2.98. The summed E-state index contributed by atoms with van der Waals surface area (Å²) in [7, 11) is -0.691. The van der Waals surface area contributed by atoms with E-state index < -0.39 is 27.8 Å². The fraction of sp³-hybridized carbons (Fsp3) is 0.262. The number of aromatic nitrogens is 3. The fourth-order valence-electron chi connectivity index (χ4n) is 6.06. The van der Waals surface area contributed by atoms with Gasteiger partial charge in [0, 0.05) is 41.2 Å². The van der Waals surface area contributed by atoms with Crippen LogP contribution in [0.2, 0.25) is 0 Å². The van der Waals surface area contributed by atoms with Crippen molar-refractivity contribution in [3.05, 3.63) is 114 Å². The van der Waals surface area contributed by atoms with Gasteiger partial charge in [0.1, 0.15) is 36.2 Å². The number of nitrogens with zero attached hydrogens (tertiary/aromatic N) is 3. The highest BCUT2D eigenvalue weighted by Gasteiger charge is 2.23.